The predicted octanol–water partition coefficient (Wildman–Crippen LogP) is 4.51. The lowest BCUT2D eigenvalue weighted by molar-refractivity contribution is -0.113. The van der Waals surface area contributed by atoms with E-state index in [1.807, 2.05) is 53.3 Å². The summed E-state index contributed by atoms with van der Waals surface area (Å²) in [5.74, 6) is 2.23. The summed E-state index contributed by atoms with van der Waals surface area (Å²) in [6, 6.07) is 15.6. The van der Waals surface area contributed by atoms with Gasteiger partial charge < -0.3 is 19.4 Å². The summed E-state index contributed by atoms with van der Waals surface area (Å²) in [5.41, 5.74) is 2.65. The van der Waals surface area contributed by atoms with E-state index in [0.29, 0.717) is 34.0 Å². The first-order chi connectivity index (χ1) is 16.1. The Bertz CT molecular complexity index is 1240. The third kappa shape index (κ3) is 5.52. The van der Waals surface area contributed by atoms with E-state index in [1.54, 1.807) is 14.2 Å². The number of aryl methyl sites for hydroxylation is 1. The number of nitrogens with one attached hydrogen (secondary N) is 1. The number of carbonyl (C=O) groups is 1. The fourth-order valence-corrected chi connectivity index (χ4v) is 4.68. The van der Waals surface area contributed by atoms with E-state index in [0.717, 1.165) is 17.0 Å². The number of ether oxygens (including phenoxy) is 2. The Morgan fingerprint density at radius 2 is 1.94 bits per heavy atom. The maximum atomic E-state index is 12.6. The number of benzene rings is 2. The van der Waals surface area contributed by atoms with Gasteiger partial charge >= 0.3 is 0 Å². The van der Waals surface area contributed by atoms with Gasteiger partial charge in [0.05, 0.1) is 32.2 Å². The summed E-state index contributed by atoms with van der Waals surface area (Å²) in [4.78, 5) is 17.1. The molecule has 8 nitrogen and oxygen atoms in total. The van der Waals surface area contributed by atoms with E-state index in [2.05, 4.69) is 32.6 Å². The van der Waals surface area contributed by atoms with Crippen molar-refractivity contribution in [3.63, 3.8) is 0 Å². The van der Waals surface area contributed by atoms with Crippen LogP contribution in [0.15, 0.2) is 59.1 Å². The van der Waals surface area contributed by atoms with Crippen LogP contribution in [0, 0.1) is 6.92 Å². The number of aromatic nitrogens is 4. The van der Waals surface area contributed by atoms with Gasteiger partial charge in [-0.1, -0.05) is 42.1 Å². The smallest absolute Gasteiger partial charge is 0.236 e. The molecule has 0 aliphatic heterocycles. The van der Waals surface area contributed by atoms with Crippen molar-refractivity contribution >= 4 is 34.1 Å². The molecule has 0 unspecified atom stereocenters. The maximum absolute atomic E-state index is 12.6. The second-order valence-electron chi connectivity index (χ2n) is 7.04. The van der Waals surface area contributed by atoms with Crippen molar-refractivity contribution < 1.29 is 14.3 Å². The summed E-state index contributed by atoms with van der Waals surface area (Å²) < 4.78 is 12.7. The van der Waals surface area contributed by atoms with Crippen molar-refractivity contribution in [3.8, 4) is 22.8 Å². The molecule has 2 heterocycles. The minimum Gasteiger partial charge on any atom is -0.497 e. The number of carbonyl (C=O) groups excluding carboxylic acids is 1. The number of methoxy groups -OCH3 is 2. The monoisotopic (exact) mass is 481 g/mol. The molecule has 0 aliphatic rings. The van der Waals surface area contributed by atoms with Gasteiger partial charge in [0.1, 0.15) is 17.3 Å². The van der Waals surface area contributed by atoms with Gasteiger partial charge in [0, 0.05) is 10.9 Å². The Morgan fingerprint density at radius 3 is 2.70 bits per heavy atom. The molecule has 10 heteroatoms. The van der Waals surface area contributed by atoms with Gasteiger partial charge in [0.15, 0.2) is 10.3 Å². The standard InChI is InChI=1S/C23H23N5O3S2/c1-15-26-27-23(28(15)12-16-7-5-4-6-8-16)33-14-21(29)25-22-24-19(13-32-22)18-11-17(30-2)9-10-20(18)31-3/h4-11,13H,12,14H2,1-3H3,(H,24,25,29). The van der Waals surface area contributed by atoms with Gasteiger partial charge in [-0.25, -0.2) is 4.98 Å². The number of hydrogen-bond acceptors (Lipinski definition) is 8. The number of rotatable bonds is 9. The molecule has 4 rings (SSSR count). The van der Waals surface area contributed by atoms with Crippen molar-refractivity contribution in [2.24, 2.45) is 0 Å². The molecular weight excluding hydrogens is 458 g/mol. The highest BCUT2D eigenvalue weighted by atomic mass is 32.2. The zero-order valence-corrected chi connectivity index (χ0v) is 20.1. The number of thiazole rings is 1. The Labute approximate surface area is 200 Å². The molecule has 170 valence electrons. The summed E-state index contributed by atoms with van der Waals surface area (Å²) in [6.45, 7) is 2.56. The Hall–Kier alpha value is -3.37. The van der Waals surface area contributed by atoms with Crippen LogP contribution in [-0.2, 0) is 11.3 Å². The van der Waals surface area contributed by atoms with Crippen molar-refractivity contribution in [2.45, 2.75) is 18.6 Å². The second-order valence-corrected chi connectivity index (χ2v) is 8.84. The molecule has 1 amide bonds. The first-order valence-electron chi connectivity index (χ1n) is 10.1. The second kappa shape index (κ2) is 10.5. The molecule has 0 spiro atoms. The zero-order valence-electron chi connectivity index (χ0n) is 18.4. The highest BCUT2D eigenvalue weighted by Crippen LogP contribution is 2.35. The Kier molecular flexibility index (Phi) is 7.26. The average molecular weight is 482 g/mol. The molecule has 0 atom stereocenters. The van der Waals surface area contributed by atoms with E-state index in [-0.39, 0.29) is 11.7 Å². The Balaban J connectivity index is 1.40. The van der Waals surface area contributed by atoms with Gasteiger partial charge in [-0.3, -0.25) is 4.79 Å². The average Bonchev–Trinajstić information content (AvgIpc) is 3.44. The van der Waals surface area contributed by atoms with E-state index in [9.17, 15) is 4.79 Å². The lowest BCUT2D eigenvalue weighted by Crippen LogP contribution is -2.14. The topological polar surface area (TPSA) is 91.2 Å². The Morgan fingerprint density at radius 1 is 1.12 bits per heavy atom. The fourth-order valence-electron chi connectivity index (χ4n) is 3.17. The number of nitrogens with zero attached hydrogens (tertiary/aromatic N) is 4. The highest BCUT2D eigenvalue weighted by Gasteiger charge is 2.15. The van der Waals surface area contributed by atoms with Crippen LogP contribution in [0.3, 0.4) is 0 Å². The zero-order chi connectivity index (χ0) is 23.2. The van der Waals surface area contributed by atoms with Crippen LogP contribution in [0.25, 0.3) is 11.3 Å². The van der Waals surface area contributed by atoms with E-state index in [4.69, 9.17) is 9.47 Å². The number of hydrogen-bond donors (Lipinski definition) is 1. The quantitative estimate of drug-likeness (QED) is 0.352. The fraction of sp³-hybridized carbons (Fsp3) is 0.217. The van der Waals surface area contributed by atoms with E-state index in [1.165, 1.54) is 23.1 Å². The molecule has 0 fully saturated rings. The molecule has 33 heavy (non-hydrogen) atoms. The van der Waals surface area contributed by atoms with Crippen LogP contribution in [-0.4, -0.2) is 45.6 Å². The van der Waals surface area contributed by atoms with Gasteiger partial charge in [-0.2, -0.15) is 0 Å². The molecule has 2 aromatic carbocycles. The van der Waals surface area contributed by atoms with Crippen LogP contribution >= 0.6 is 23.1 Å². The van der Waals surface area contributed by atoms with Gasteiger partial charge in [-0.15, -0.1) is 21.5 Å². The van der Waals surface area contributed by atoms with Crippen LogP contribution in [0.1, 0.15) is 11.4 Å². The first-order valence-corrected chi connectivity index (χ1v) is 12.0. The van der Waals surface area contributed by atoms with Crippen molar-refractivity contribution in [1.29, 1.82) is 0 Å². The molecular formula is C23H23N5O3S2. The molecule has 0 radical (unpaired) electrons. The third-order valence-corrected chi connectivity index (χ3v) is 6.58. The highest BCUT2D eigenvalue weighted by molar-refractivity contribution is 7.99. The first kappa shape index (κ1) is 22.8. The largest absolute Gasteiger partial charge is 0.497 e. The van der Waals surface area contributed by atoms with Gasteiger partial charge in [-0.05, 0) is 30.7 Å². The number of thioether (sulfide) groups is 1. The van der Waals surface area contributed by atoms with Crippen LogP contribution < -0.4 is 14.8 Å². The van der Waals surface area contributed by atoms with Gasteiger partial charge in [0.2, 0.25) is 5.91 Å². The molecule has 4 aromatic rings. The summed E-state index contributed by atoms with van der Waals surface area (Å²) >= 11 is 2.70. The molecule has 2 aromatic heterocycles. The molecule has 0 saturated carbocycles. The summed E-state index contributed by atoms with van der Waals surface area (Å²) in [6.07, 6.45) is 0. The minimum absolute atomic E-state index is 0.162. The van der Waals surface area contributed by atoms with E-state index < -0.39 is 0 Å². The molecule has 0 bridgehead atoms. The number of amides is 1. The van der Waals surface area contributed by atoms with Crippen LogP contribution in [0.5, 0.6) is 11.5 Å². The van der Waals surface area contributed by atoms with Crippen LogP contribution in [0.2, 0.25) is 0 Å². The van der Waals surface area contributed by atoms with Crippen molar-refractivity contribution in [2.75, 3.05) is 25.3 Å². The minimum atomic E-state index is -0.162. The molecule has 0 aliphatic carbocycles. The van der Waals surface area contributed by atoms with Crippen molar-refractivity contribution in [3.05, 3.63) is 65.3 Å². The molecule has 1 N–H and O–H groups in total. The van der Waals surface area contributed by atoms with E-state index >= 15 is 0 Å². The predicted molar refractivity (Wildman–Crippen MR) is 130 cm³/mol. The van der Waals surface area contributed by atoms with Crippen molar-refractivity contribution in [1.82, 2.24) is 19.7 Å². The maximum Gasteiger partial charge on any atom is 0.236 e. The van der Waals surface area contributed by atoms with Gasteiger partial charge in [0.25, 0.3) is 0 Å². The lowest BCUT2D eigenvalue weighted by Gasteiger charge is -2.09. The lowest BCUT2D eigenvalue weighted by atomic mass is 10.1. The summed E-state index contributed by atoms with van der Waals surface area (Å²) in [7, 11) is 3.22. The van der Waals surface area contributed by atoms with Crippen LogP contribution in [0.4, 0.5) is 5.13 Å². The molecule has 0 saturated heterocycles. The SMILES string of the molecule is COc1ccc(OC)c(-c2csc(NC(=O)CSc3nnc(C)n3Cc3ccccc3)n2)c1. The summed E-state index contributed by atoms with van der Waals surface area (Å²) in [5, 5.41) is 14.4. The number of anilines is 1. The normalized spacial score (nSPS) is 10.8. The third-order valence-electron chi connectivity index (χ3n) is 4.85.